The van der Waals surface area contributed by atoms with Crippen LogP contribution in [0.25, 0.3) is 0 Å². The summed E-state index contributed by atoms with van der Waals surface area (Å²) in [5.41, 5.74) is 0.914. The number of rotatable bonds is 8. The molecule has 124 valence electrons. The average Bonchev–Trinajstić information content (AvgIpc) is 2.97. The Morgan fingerprint density at radius 3 is 2.18 bits per heavy atom. The standard InChI is InChI=1S/C18H31BO2S/c1-6-7-8-9-10-11-12-15-13-14-22-16(15)19-20-17(2,3)18(4,5)21-19/h13-14H,6-12H2,1-5H3. The van der Waals surface area contributed by atoms with Crippen molar-refractivity contribution in [2.75, 3.05) is 0 Å². The van der Waals surface area contributed by atoms with Crippen LogP contribution in [-0.2, 0) is 15.7 Å². The maximum Gasteiger partial charge on any atom is 0.505 e. The molecule has 0 amide bonds. The van der Waals surface area contributed by atoms with Gasteiger partial charge in [-0.1, -0.05) is 39.0 Å². The number of thiophene rings is 1. The number of aryl methyl sites for hydroxylation is 1. The molecular weight excluding hydrogens is 291 g/mol. The molecule has 0 radical (unpaired) electrons. The first-order valence-electron chi connectivity index (χ1n) is 8.79. The highest BCUT2D eigenvalue weighted by atomic mass is 32.1. The summed E-state index contributed by atoms with van der Waals surface area (Å²) in [5.74, 6) is 0. The Morgan fingerprint density at radius 1 is 0.955 bits per heavy atom. The molecule has 0 aliphatic carbocycles. The lowest BCUT2D eigenvalue weighted by Crippen LogP contribution is -2.41. The molecule has 0 bridgehead atoms. The van der Waals surface area contributed by atoms with Crippen molar-refractivity contribution in [1.82, 2.24) is 0 Å². The Balaban J connectivity index is 1.88. The fourth-order valence-corrected chi connectivity index (χ4v) is 3.71. The fourth-order valence-electron chi connectivity index (χ4n) is 2.81. The van der Waals surface area contributed by atoms with E-state index in [1.54, 1.807) is 11.3 Å². The van der Waals surface area contributed by atoms with Crippen LogP contribution < -0.4 is 4.78 Å². The molecule has 0 N–H and O–H groups in total. The van der Waals surface area contributed by atoms with Crippen molar-refractivity contribution < 1.29 is 9.31 Å². The van der Waals surface area contributed by atoms with Crippen LogP contribution in [0, 0.1) is 0 Å². The molecule has 22 heavy (non-hydrogen) atoms. The van der Waals surface area contributed by atoms with Gasteiger partial charge >= 0.3 is 7.12 Å². The summed E-state index contributed by atoms with van der Waals surface area (Å²) in [7, 11) is -0.194. The highest BCUT2D eigenvalue weighted by Gasteiger charge is 2.52. The zero-order valence-corrected chi connectivity index (χ0v) is 15.7. The van der Waals surface area contributed by atoms with E-state index in [0.717, 1.165) is 6.42 Å². The molecule has 0 atom stereocenters. The molecule has 2 nitrogen and oxygen atoms in total. The molecule has 4 heteroatoms. The van der Waals surface area contributed by atoms with Crippen molar-refractivity contribution in [2.24, 2.45) is 0 Å². The first-order valence-corrected chi connectivity index (χ1v) is 9.67. The van der Waals surface area contributed by atoms with Crippen LogP contribution in [0.2, 0.25) is 0 Å². The maximum absolute atomic E-state index is 6.20. The summed E-state index contributed by atoms with van der Waals surface area (Å²) >= 11 is 1.77. The first kappa shape index (κ1) is 18.0. The number of hydrogen-bond donors (Lipinski definition) is 0. The molecule has 1 saturated heterocycles. The van der Waals surface area contributed by atoms with E-state index in [-0.39, 0.29) is 18.3 Å². The average molecular weight is 322 g/mol. The van der Waals surface area contributed by atoms with Gasteiger partial charge in [-0.05, 0) is 57.5 Å². The summed E-state index contributed by atoms with van der Waals surface area (Å²) in [6.07, 6.45) is 9.18. The van der Waals surface area contributed by atoms with Gasteiger partial charge in [0, 0.05) is 4.78 Å². The lowest BCUT2D eigenvalue weighted by atomic mass is 9.83. The minimum Gasteiger partial charge on any atom is -0.399 e. The molecular formula is C18H31BO2S. The minimum atomic E-state index is -0.251. The van der Waals surface area contributed by atoms with Crippen LogP contribution in [0.15, 0.2) is 11.4 Å². The van der Waals surface area contributed by atoms with Crippen LogP contribution in [0.5, 0.6) is 0 Å². The van der Waals surface area contributed by atoms with Crippen LogP contribution in [-0.4, -0.2) is 18.3 Å². The molecule has 0 spiro atoms. The molecule has 1 aromatic rings. The summed E-state index contributed by atoms with van der Waals surface area (Å²) in [5, 5.41) is 2.17. The van der Waals surface area contributed by atoms with Gasteiger partial charge in [0.1, 0.15) is 0 Å². The third kappa shape index (κ3) is 4.15. The summed E-state index contributed by atoms with van der Waals surface area (Å²) < 4.78 is 13.7. The van der Waals surface area contributed by atoms with Crippen molar-refractivity contribution in [2.45, 2.75) is 90.8 Å². The first-order chi connectivity index (χ1) is 10.4. The van der Waals surface area contributed by atoms with E-state index in [2.05, 4.69) is 46.1 Å². The quantitative estimate of drug-likeness (QED) is 0.498. The Bertz CT molecular complexity index is 451. The minimum absolute atomic E-state index is 0.194. The van der Waals surface area contributed by atoms with E-state index in [9.17, 15) is 0 Å². The second kappa shape index (κ2) is 7.50. The van der Waals surface area contributed by atoms with E-state index in [4.69, 9.17) is 9.31 Å². The highest BCUT2D eigenvalue weighted by molar-refractivity contribution is 7.21. The van der Waals surface area contributed by atoms with Gasteiger partial charge in [-0.15, -0.1) is 0 Å². The normalized spacial score (nSPS) is 19.8. The molecule has 1 aromatic heterocycles. The predicted octanol–water partition coefficient (Wildman–Crippen LogP) is 4.95. The molecule has 0 aromatic carbocycles. The van der Waals surface area contributed by atoms with Gasteiger partial charge in [0.05, 0.1) is 11.2 Å². The van der Waals surface area contributed by atoms with Gasteiger partial charge in [-0.3, -0.25) is 0 Å². The van der Waals surface area contributed by atoms with E-state index in [1.165, 1.54) is 48.9 Å². The second-order valence-corrected chi connectivity index (χ2v) is 8.36. The SMILES string of the molecule is CCCCCCCCc1ccsc1B1OC(C)(C)C(C)(C)O1. The molecule has 0 saturated carbocycles. The Labute approximate surface area is 140 Å². The fraction of sp³-hybridized carbons (Fsp3) is 0.778. The van der Waals surface area contributed by atoms with Crippen LogP contribution >= 0.6 is 11.3 Å². The van der Waals surface area contributed by atoms with E-state index in [1.807, 2.05) is 0 Å². The highest BCUT2D eigenvalue weighted by Crippen LogP contribution is 2.37. The van der Waals surface area contributed by atoms with Crippen LogP contribution in [0.3, 0.4) is 0 Å². The molecule has 2 heterocycles. The van der Waals surface area contributed by atoms with Gasteiger partial charge < -0.3 is 9.31 Å². The van der Waals surface area contributed by atoms with Gasteiger partial charge in [0.25, 0.3) is 0 Å². The van der Waals surface area contributed by atoms with Gasteiger partial charge in [0.15, 0.2) is 0 Å². The zero-order valence-electron chi connectivity index (χ0n) is 14.9. The summed E-state index contributed by atoms with van der Waals surface area (Å²) in [6, 6.07) is 2.25. The van der Waals surface area contributed by atoms with E-state index in [0.29, 0.717) is 0 Å². The lowest BCUT2D eigenvalue weighted by molar-refractivity contribution is 0.00578. The lowest BCUT2D eigenvalue weighted by Gasteiger charge is -2.32. The zero-order chi connectivity index (χ0) is 16.2. The summed E-state index contributed by atoms with van der Waals surface area (Å²) in [4.78, 5) is 0. The predicted molar refractivity (Wildman–Crippen MR) is 97.1 cm³/mol. The molecule has 1 aliphatic heterocycles. The number of unbranched alkanes of at least 4 members (excludes halogenated alkanes) is 5. The third-order valence-electron chi connectivity index (χ3n) is 5.05. The molecule has 0 unspecified atom stereocenters. The van der Waals surface area contributed by atoms with E-state index < -0.39 is 0 Å². The molecule has 2 rings (SSSR count). The Morgan fingerprint density at radius 2 is 1.55 bits per heavy atom. The largest absolute Gasteiger partial charge is 0.505 e. The Kier molecular flexibility index (Phi) is 6.15. The van der Waals surface area contributed by atoms with Gasteiger partial charge in [-0.25, -0.2) is 0 Å². The molecule has 1 fully saturated rings. The van der Waals surface area contributed by atoms with Crippen LogP contribution in [0.4, 0.5) is 0 Å². The second-order valence-electron chi connectivity index (χ2n) is 7.42. The van der Waals surface area contributed by atoms with Crippen molar-refractivity contribution in [1.29, 1.82) is 0 Å². The maximum atomic E-state index is 6.20. The van der Waals surface area contributed by atoms with Crippen molar-refractivity contribution in [3.63, 3.8) is 0 Å². The third-order valence-corrected chi connectivity index (χ3v) is 6.03. The topological polar surface area (TPSA) is 18.5 Å². The monoisotopic (exact) mass is 322 g/mol. The number of hydrogen-bond acceptors (Lipinski definition) is 3. The van der Waals surface area contributed by atoms with Crippen LogP contribution in [0.1, 0.15) is 78.7 Å². The van der Waals surface area contributed by atoms with Crippen molar-refractivity contribution in [3.05, 3.63) is 17.0 Å². The smallest absolute Gasteiger partial charge is 0.399 e. The van der Waals surface area contributed by atoms with Gasteiger partial charge in [-0.2, -0.15) is 11.3 Å². The summed E-state index contributed by atoms with van der Waals surface area (Å²) in [6.45, 7) is 10.7. The Hall–Kier alpha value is -0.315. The molecule has 1 aliphatic rings. The van der Waals surface area contributed by atoms with Crippen molar-refractivity contribution >= 4 is 23.2 Å². The van der Waals surface area contributed by atoms with Gasteiger partial charge in [0.2, 0.25) is 0 Å². The van der Waals surface area contributed by atoms with Crippen molar-refractivity contribution in [3.8, 4) is 0 Å². The van der Waals surface area contributed by atoms with E-state index >= 15 is 0 Å².